The van der Waals surface area contributed by atoms with Crippen molar-refractivity contribution in [3.63, 3.8) is 0 Å². The zero-order valence-corrected chi connectivity index (χ0v) is 27.4. The first-order valence-electron chi connectivity index (χ1n) is 16.5. The third kappa shape index (κ3) is 7.77. The molecule has 0 radical (unpaired) electrons. The molecule has 0 amide bonds. The van der Waals surface area contributed by atoms with Crippen LogP contribution >= 0.6 is 11.8 Å². The predicted octanol–water partition coefficient (Wildman–Crippen LogP) is 6.75. The molecule has 1 unspecified atom stereocenters. The molecule has 3 aromatic carbocycles. The van der Waals surface area contributed by atoms with Crippen molar-refractivity contribution in [2.45, 2.75) is 93.9 Å². The fourth-order valence-corrected chi connectivity index (χ4v) is 7.80. The van der Waals surface area contributed by atoms with Crippen LogP contribution in [0, 0.1) is 11.6 Å². The first-order valence-corrected chi connectivity index (χ1v) is 17.8. The smallest absolute Gasteiger partial charge is 0.132 e. The summed E-state index contributed by atoms with van der Waals surface area (Å²) in [6.45, 7) is 4.52. The minimum atomic E-state index is -0.879. The van der Waals surface area contributed by atoms with Crippen molar-refractivity contribution in [2.75, 3.05) is 26.0 Å². The van der Waals surface area contributed by atoms with Crippen molar-refractivity contribution in [1.29, 1.82) is 0 Å². The Kier molecular flexibility index (Phi) is 11.0. The van der Waals surface area contributed by atoms with Crippen LogP contribution in [0.3, 0.4) is 0 Å². The molecule has 6 rings (SSSR count). The Balaban J connectivity index is 0.996. The van der Waals surface area contributed by atoms with E-state index in [0.29, 0.717) is 25.0 Å². The molecule has 9 heteroatoms. The van der Waals surface area contributed by atoms with Gasteiger partial charge >= 0.3 is 0 Å². The lowest BCUT2D eigenvalue weighted by molar-refractivity contribution is -0.137. The average Bonchev–Trinajstić information content (AvgIpc) is 3.08. The van der Waals surface area contributed by atoms with Gasteiger partial charge in [0.25, 0.3) is 0 Å². The molecule has 0 saturated carbocycles. The highest BCUT2D eigenvalue weighted by molar-refractivity contribution is 7.99. The van der Waals surface area contributed by atoms with Gasteiger partial charge in [0, 0.05) is 31.1 Å². The maximum Gasteiger partial charge on any atom is 0.132 e. The van der Waals surface area contributed by atoms with E-state index in [4.69, 9.17) is 14.2 Å². The fourth-order valence-electron chi connectivity index (χ4n) is 7.09. The normalized spacial score (nSPS) is 27.9. The van der Waals surface area contributed by atoms with Gasteiger partial charge in [0.05, 0.1) is 24.9 Å². The Labute approximate surface area is 275 Å². The van der Waals surface area contributed by atoms with E-state index in [1.54, 1.807) is 0 Å². The van der Waals surface area contributed by atoms with E-state index in [1.165, 1.54) is 40.6 Å². The number of aliphatic hydroxyl groups excluding tert-OH is 2. The standard InChI is InChI=1S/C37H45F2NO5S/c1-3-24-6-7-25(35-21-33(41)36(42)37(45-35)46-2)19-26(24)18-23-4-10-29(11-5-23)44-30-14-16-40(17-15-30)28-9-13-34(43-22-28)31-20-27(38)8-12-32(31)39/h4-8,10-12,19-20,28,30,33-37,41-42H,3,9,13-18,21-22H2,1-2H3/t28?,33-,34+,35-,36+,37-/m1/s1. The molecule has 3 aromatic rings. The molecular formula is C37H45F2NO5S. The lowest BCUT2D eigenvalue weighted by atomic mass is 9.91. The van der Waals surface area contributed by atoms with E-state index in [9.17, 15) is 19.0 Å². The number of hydrogen-bond donors (Lipinski definition) is 2. The molecule has 3 saturated heterocycles. The van der Waals surface area contributed by atoms with Gasteiger partial charge in [-0.1, -0.05) is 37.3 Å². The number of ether oxygens (including phenoxy) is 3. The molecule has 3 heterocycles. The van der Waals surface area contributed by atoms with Gasteiger partial charge < -0.3 is 24.4 Å². The average molecular weight is 654 g/mol. The highest BCUT2D eigenvalue weighted by Crippen LogP contribution is 2.37. The largest absolute Gasteiger partial charge is 0.490 e. The quantitative estimate of drug-likeness (QED) is 0.265. The SMILES string of the molecule is CCc1ccc([C@H]2C[C@@H](O)[C@H](O)[C@@H](SC)O2)cc1Cc1ccc(OC2CCN(C3CC[C@@H](c4cc(F)ccc4F)OC3)CC2)cc1. The van der Waals surface area contributed by atoms with E-state index < -0.39 is 35.4 Å². The number of rotatable bonds is 9. The summed E-state index contributed by atoms with van der Waals surface area (Å²) in [5, 5.41) is 20.7. The lowest BCUT2D eigenvalue weighted by Gasteiger charge is -2.40. The molecule has 3 aliphatic rings. The summed E-state index contributed by atoms with van der Waals surface area (Å²) in [5.74, 6) is 0.0293. The molecule has 46 heavy (non-hydrogen) atoms. The molecule has 3 aliphatic heterocycles. The number of aliphatic hydroxyl groups is 2. The van der Waals surface area contributed by atoms with Crippen molar-refractivity contribution in [3.05, 3.63) is 100 Å². The van der Waals surface area contributed by atoms with Crippen LogP contribution in [-0.4, -0.2) is 70.9 Å². The first-order chi connectivity index (χ1) is 22.3. The summed E-state index contributed by atoms with van der Waals surface area (Å²) < 4.78 is 46.4. The zero-order valence-electron chi connectivity index (χ0n) is 26.6. The monoisotopic (exact) mass is 653 g/mol. The van der Waals surface area contributed by atoms with Gasteiger partial charge in [-0.2, -0.15) is 0 Å². The fraction of sp³-hybridized carbons (Fsp3) is 0.514. The second kappa shape index (κ2) is 15.1. The van der Waals surface area contributed by atoms with Gasteiger partial charge in [0.1, 0.15) is 35.0 Å². The minimum Gasteiger partial charge on any atom is -0.490 e. The Bertz CT molecular complexity index is 1440. The summed E-state index contributed by atoms with van der Waals surface area (Å²) in [6, 6.07) is 18.7. The van der Waals surface area contributed by atoms with E-state index in [1.807, 2.05) is 6.26 Å². The topological polar surface area (TPSA) is 71.4 Å². The summed E-state index contributed by atoms with van der Waals surface area (Å²) in [7, 11) is 0. The Morgan fingerprint density at radius 3 is 2.39 bits per heavy atom. The molecule has 0 spiro atoms. The number of hydrogen-bond acceptors (Lipinski definition) is 7. The van der Waals surface area contributed by atoms with Gasteiger partial charge in [0.2, 0.25) is 0 Å². The molecule has 6 atom stereocenters. The molecule has 0 aromatic heterocycles. The third-order valence-corrected chi connectivity index (χ3v) is 10.7. The maximum atomic E-state index is 14.2. The minimum absolute atomic E-state index is 0.151. The number of aryl methyl sites for hydroxylation is 1. The van der Waals surface area contributed by atoms with Crippen molar-refractivity contribution < 1.29 is 33.2 Å². The highest BCUT2D eigenvalue weighted by Gasteiger charge is 2.37. The summed E-state index contributed by atoms with van der Waals surface area (Å²) in [6.07, 6.45) is 5.23. The summed E-state index contributed by atoms with van der Waals surface area (Å²) in [5.41, 5.74) is 4.63. The van der Waals surface area contributed by atoms with E-state index in [-0.39, 0.29) is 18.2 Å². The van der Waals surface area contributed by atoms with Crippen LogP contribution in [0.2, 0.25) is 0 Å². The highest BCUT2D eigenvalue weighted by atomic mass is 32.2. The van der Waals surface area contributed by atoms with Crippen LogP contribution < -0.4 is 4.74 Å². The van der Waals surface area contributed by atoms with Crippen molar-refractivity contribution in [3.8, 4) is 5.75 Å². The van der Waals surface area contributed by atoms with Gasteiger partial charge in [0.15, 0.2) is 0 Å². The van der Waals surface area contributed by atoms with E-state index in [0.717, 1.165) is 62.6 Å². The molecular weight excluding hydrogens is 608 g/mol. The molecule has 6 nitrogen and oxygen atoms in total. The van der Waals surface area contributed by atoms with Gasteiger partial charge in [-0.05, 0) is 97.4 Å². The van der Waals surface area contributed by atoms with Crippen molar-refractivity contribution >= 4 is 11.8 Å². The van der Waals surface area contributed by atoms with Gasteiger partial charge in [-0.15, -0.1) is 11.8 Å². The Morgan fingerprint density at radius 1 is 0.913 bits per heavy atom. The number of benzene rings is 3. The number of thioether (sulfide) groups is 1. The molecule has 0 bridgehead atoms. The second-order valence-electron chi connectivity index (χ2n) is 12.8. The first kappa shape index (κ1) is 33.4. The van der Waals surface area contributed by atoms with Gasteiger partial charge in [-0.25, -0.2) is 8.78 Å². The third-order valence-electron chi connectivity index (χ3n) is 9.81. The predicted molar refractivity (Wildman–Crippen MR) is 176 cm³/mol. The molecule has 3 fully saturated rings. The van der Waals surface area contributed by atoms with Gasteiger partial charge in [-0.3, -0.25) is 4.90 Å². The second-order valence-corrected chi connectivity index (χ2v) is 13.7. The van der Waals surface area contributed by atoms with Crippen LogP contribution in [0.25, 0.3) is 0 Å². The molecule has 0 aliphatic carbocycles. The van der Waals surface area contributed by atoms with E-state index in [2.05, 4.69) is 54.3 Å². The summed E-state index contributed by atoms with van der Waals surface area (Å²) in [4.78, 5) is 2.45. The summed E-state index contributed by atoms with van der Waals surface area (Å²) >= 11 is 1.42. The number of likely N-dealkylation sites (tertiary alicyclic amines) is 1. The van der Waals surface area contributed by atoms with Crippen LogP contribution in [0.4, 0.5) is 8.78 Å². The Hall–Kier alpha value is -2.53. The lowest BCUT2D eigenvalue weighted by Crippen LogP contribution is -2.47. The van der Waals surface area contributed by atoms with E-state index >= 15 is 0 Å². The number of nitrogens with zero attached hydrogens (tertiary/aromatic N) is 1. The molecule has 248 valence electrons. The molecule has 2 N–H and O–H groups in total. The van der Waals surface area contributed by atoms with Crippen LogP contribution in [0.1, 0.15) is 79.1 Å². The number of halogens is 2. The van der Waals surface area contributed by atoms with Crippen LogP contribution in [-0.2, 0) is 22.3 Å². The van der Waals surface area contributed by atoms with Crippen LogP contribution in [0.15, 0.2) is 60.7 Å². The number of piperidine rings is 1. The van der Waals surface area contributed by atoms with Crippen LogP contribution in [0.5, 0.6) is 5.75 Å². The Morgan fingerprint density at radius 2 is 1.70 bits per heavy atom. The zero-order chi connectivity index (χ0) is 32.2. The van der Waals surface area contributed by atoms with Crippen molar-refractivity contribution in [2.24, 2.45) is 0 Å². The van der Waals surface area contributed by atoms with Crippen molar-refractivity contribution in [1.82, 2.24) is 4.90 Å². The maximum absolute atomic E-state index is 14.2.